The Kier molecular flexibility index (Phi) is 6.29. The first-order valence-electron chi connectivity index (χ1n) is 7.25. The van der Waals surface area contributed by atoms with Gasteiger partial charge in [0.05, 0.1) is 5.02 Å². The van der Waals surface area contributed by atoms with Gasteiger partial charge in [-0.3, -0.25) is 9.69 Å². The molecule has 1 fully saturated rings. The van der Waals surface area contributed by atoms with E-state index in [4.69, 9.17) is 22.1 Å². The van der Waals surface area contributed by atoms with Crippen molar-refractivity contribution in [2.45, 2.75) is 6.42 Å². The summed E-state index contributed by atoms with van der Waals surface area (Å²) in [5.74, 6) is 0.504. The van der Waals surface area contributed by atoms with Gasteiger partial charge in [-0.1, -0.05) is 23.7 Å². The number of nitrogens with zero attached hydrogens (tertiary/aromatic N) is 2. The Bertz CT molecular complexity index is 462. The molecule has 116 valence electrons. The Morgan fingerprint density at radius 3 is 2.38 bits per heavy atom. The lowest BCUT2D eigenvalue weighted by atomic mass is 10.3. The van der Waals surface area contributed by atoms with Gasteiger partial charge in [0.25, 0.3) is 0 Å². The molecule has 0 aromatic heterocycles. The molecule has 0 bridgehead atoms. The second-order valence-electron chi connectivity index (χ2n) is 5.18. The zero-order chi connectivity index (χ0) is 15.1. The van der Waals surface area contributed by atoms with Crippen molar-refractivity contribution in [3.8, 4) is 5.75 Å². The molecule has 1 aromatic carbocycles. The summed E-state index contributed by atoms with van der Waals surface area (Å²) in [6.07, 6.45) is 0.440. The van der Waals surface area contributed by atoms with E-state index in [1.54, 1.807) is 0 Å². The maximum absolute atomic E-state index is 10.8. The van der Waals surface area contributed by atoms with Crippen LogP contribution in [0.15, 0.2) is 24.3 Å². The zero-order valence-corrected chi connectivity index (χ0v) is 12.9. The van der Waals surface area contributed by atoms with Crippen molar-refractivity contribution in [1.29, 1.82) is 0 Å². The maximum Gasteiger partial charge on any atom is 0.218 e. The van der Waals surface area contributed by atoms with Gasteiger partial charge in [0, 0.05) is 45.7 Å². The highest BCUT2D eigenvalue weighted by molar-refractivity contribution is 6.32. The Hall–Kier alpha value is -1.30. The minimum Gasteiger partial charge on any atom is -0.491 e. The Morgan fingerprint density at radius 1 is 1.14 bits per heavy atom. The topological polar surface area (TPSA) is 58.8 Å². The highest BCUT2D eigenvalue weighted by atomic mass is 35.5. The highest BCUT2D eigenvalue weighted by Crippen LogP contribution is 2.22. The van der Waals surface area contributed by atoms with Crippen molar-refractivity contribution in [3.05, 3.63) is 29.3 Å². The van der Waals surface area contributed by atoms with Crippen LogP contribution in [0.3, 0.4) is 0 Å². The van der Waals surface area contributed by atoms with Crippen LogP contribution in [0.1, 0.15) is 6.42 Å². The van der Waals surface area contributed by atoms with E-state index in [1.807, 2.05) is 24.3 Å². The van der Waals surface area contributed by atoms with Gasteiger partial charge in [0.15, 0.2) is 0 Å². The van der Waals surface area contributed by atoms with Gasteiger partial charge >= 0.3 is 0 Å². The number of carbonyl (C=O) groups is 1. The summed E-state index contributed by atoms with van der Waals surface area (Å²) in [7, 11) is 0. The fraction of sp³-hybridized carbons (Fsp3) is 0.533. The van der Waals surface area contributed by atoms with Crippen LogP contribution in [0.2, 0.25) is 5.02 Å². The van der Waals surface area contributed by atoms with Gasteiger partial charge in [0.2, 0.25) is 5.91 Å². The third-order valence-electron chi connectivity index (χ3n) is 3.64. The van der Waals surface area contributed by atoms with Crippen LogP contribution >= 0.6 is 11.6 Å². The number of hydrogen-bond donors (Lipinski definition) is 1. The summed E-state index contributed by atoms with van der Waals surface area (Å²) in [5, 5.41) is 0.647. The predicted octanol–water partition coefficient (Wildman–Crippen LogP) is 1.21. The molecule has 1 saturated heterocycles. The van der Waals surface area contributed by atoms with Crippen LogP contribution in [-0.2, 0) is 4.79 Å². The largest absolute Gasteiger partial charge is 0.491 e. The zero-order valence-electron chi connectivity index (χ0n) is 12.1. The van der Waals surface area contributed by atoms with E-state index in [-0.39, 0.29) is 5.91 Å². The quantitative estimate of drug-likeness (QED) is 0.822. The molecule has 2 rings (SSSR count). The molecule has 6 heteroatoms. The van der Waals surface area contributed by atoms with Crippen LogP contribution < -0.4 is 10.5 Å². The van der Waals surface area contributed by atoms with Crippen LogP contribution in [-0.4, -0.2) is 61.6 Å². The molecule has 0 atom stereocenters. The molecule has 1 aliphatic heterocycles. The van der Waals surface area contributed by atoms with E-state index in [9.17, 15) is 4.79 Å². The molecule has 21 heavy (non-hydrogen) atoms. The molecule has 1 heterocycles. The van der Waals surface area contributed by atoms with E-state index in [0.29, 0.717) is 18.1 Å². The van der Waals surface area contributed by atoms with Gasteiger partial charge < -0.3 is 15.4 Å². The maximum atomic E-state index is 10.8. The number of halogens is 1. The lowest BCUT2D eigenvalue weighted by molar-refractivity contribution is -0.118. The Balaban J connectivity index is 1.63. The molecule has 0 aliphatic carbocycles. The average molecular weight is 312 g/mol. The average Bonchev–Trinajstić information content (AvgIpc) is 2.48. The van der Waals surface area contributed by atoms with Crippen molar-refractivity contribution in [1.82, 2.24) is 9.80 Å². The first-order chi connectivity index (χ1) is 10.1. The van der Waals surface area contributed by atoms with Crippen molar-refractivity contribution in [3.63, 3.8) is 0 Å². The van der Waals surface area contributed by atoms with E-state index < -0.39 is 0 Å². The minimum absolute atomic E-state index is 0.231. The van der Waals surface area contributed by atoms with Gasteiger partial charge in [-0.05, 0) is 12.1 Å². The number of hydrogen-bond acceptors (Lipinski definition) is 4. The number of nitrogens with two attached hydrogens (primary N) is 1. The lowest BCUT2D eigenvalue weighted by Crippen LogP contribution is -2.48. The molecule has 1 amide bonds. The molecule has 5 nitrogen and oxygen atoms in total. The van der Waals surface area contributed by atoms with Crippen molar-refractivity contribution in [2.24, 2.45) is 5.73 Å². The summed E-state index contributed by atoms with van der Waals surface area (Å²) in [6, 6.07) is 7.51. The van der Waals surface area contributed by atoms with E-state index >= 15 is 0 Å². The fourth-order valence-corrected chi connectivity index (χ4v) is 2.54. The molecular weight excluding hydrogens is 290 g/mol. The number of para-hydroxylation sites is 1. The van der Waals surface area contributed by atoms with Gasteiger partial charge in [0.1, 0.15) is 12.4 Å². The number of ether oxygens (including phenoxy) is 1. The van der Waals surface area contributed by atoms with Crippen molar-refractivity contribution < 1.29 is 9.53 Å². The number of benzene rings is 1. The van der Waals surface area contributed by atoms with Crippen LogP contribution in [0.5, 0.6) is 5.75 Å². The standard InChI is InChI=1S/C15H22ClN3O2/c16-13-3-1-2-4-14(13)21-12-11-19-9-7-18(8-10-19)6-5-15(17)20/h1-4H,5-12H2,(H2,17,20). The van der Waals surface area contributed by atoms with Crippen molar-refractivity contribution >= 4 is 17.5 Å². The van der Waals surface area contributed by atoms with Gasteiger partial charge in [-0.25, -0.2) is 0 Å². The first-order valence-corrected chi connectivity index (χ1v) is 7.63. The number of amides is 1. The van der Waals surface area contributed by atoms with E-state index in [0.717, 1.165) is 45.0 Å². The molecule has 0 unspecified atom stereocenters. The molecule has 1 aliphatic rings. The lowest BCUT2D eigenvalue weighted by Gasteiger charge is -2.34. The number of carbonyl (C=O) groups excluding carboxylic acids is 1. The first kappa shape index (κ1) is 16.1. The fourth-order valence-electron chi connectivity index (χ4n) is 2.35. The second-order valence-corrected chi connectivity index (χ2v) is 5.59. The van der Waals surface area contributed by atoms with Gasteiger partial charge in [-0.2, -0.15) is 0 Å². The minimum atomic E-state index is -0.231. The molecule has 0 radical (unpaired) electrons. The molecular formula is C15H22ClN3O2. The number of primary amides is 1. The molecule has 2 N–H and O–H groups in total. The van der Waals surface area contributed by atoms with Crippen molar-refractivity contribution in [2.75, 3.05) is 45.9 Å². The number of rotatable bonds is 7. The number of piperazine rings is 1. The van der Waals surface area contributed by atoms with E-state index in [1.165, 1.54) is 0 Å². The third-order valence-corrected chi connectivity index (χ3v) is 3.95. The predicted molar refractivity (Wildman–Crippen MR) is 83.6 cm³/mol. The normalized spacial score (nSPS) is 16.8. The smallest absolute Gasteiger partial charge is 0.218 e. The van der Waals surface area contributed by atoms with Crippen LogP contribution in [0.4, 0.5) is 0 Å². The summed E-state index contributed by atoms with van der Waals surface area (Å²) < 4.78 is 5.70. The monoisotopic (exact) mass is 311 g/mol. The molecule has 1 aromatic rings. The SMILES string of the molecule is NC(=O)CCN1CCN(CCOc2ccccc2Cl)CC1. The summed E-state index contributed by atoms with van der Waals surface area (Å²) >= 11 is 6.04. The Morgan fingerprint density at radius 2 is 1.76 bits per heavy atom. The summed E-state index contributed by atoms with van der Waals surface area (Å²) in [6.45, 7) is 6.20. The third kappa shape index (κ3) is 5.53. The second kappa shape index (κ2) is 8.22. The molecule has 0 spiro atoms. The van der Waals surface area contributed by atoms with Crippen LogP contribution in [0, 0.1) is 0 Å². The summed E-state index contributed by atoms with van der Waals surface area (Å²) in [4.78, 5) is 15.4. The van der Waals surface area contributed by atoms with Gasteiger partial charge in [-0.15, -0.1) is 0 Å². The Labute approximate surface area is 130 Å². The van der Waals surface area contributed by atoms with E-state index in [2.05, 4.69) is 9.80 Å². The summed E-state index contributed by atoms with van der Waals surface area (Å²) in [5.41, 5.74) is 5.17. The molecule has 0 saturated carbocycles. The highest BCUT2D eigenvalue weighted by Gasteiger charge is 2.16. The van der Waals surface area contributed by atoms with Crippen LogP contribution in [0.25, 0.3) is 0 Å².